The van der Waals surface area contributed by atoms with E-state index in [-0.39, 0.29) is 5.75 Å². The van der Waals surface area contributed by atoms with Crippen molar-refractivity contribution in [2.24, 2.45) is 10.9 Å². The van der Waals surface area contributed by atoms with Crippen molar-refractivity contribution in [2.45, 2.75) is 46.0 Å². The molecule has 0 amide bonds. The first-order valence-electron chi connectivity index (χ1n) is 7.47. The minimum Gasteiger partial charge on any atom is -0.356 e. The van der Waals surface area contributed by atoms with E-state index in [1.165, 1.54) is 31.9 Å². The van der Waals surface area contributed by atoms with Gasteiger partial charge in [0.1, 0.15) is 9.84 Å². The zero-order chi connectivity index (χ0) is 15.4. The number of rotatable bonds is 10. The lowest BCUT2D eigenvalue weighted by Gasteiger charge is -2.11. The fourth-order valence-electron chi connectivity index (χ4n) is 1.81. The largest absolute Gasteiger partial charge is 0.356 e. The Balaban J connectivity index is 3.56. The third-order valence-corrected chi connectivity index (χ3v) is 3.94. The van der Waals surface area contributed by atoms with E-state index in [0.29, 0.717) is 12.5 Å². The van der Waals surface area contributed by atoms with Gasteiger partial charge in [-0.05, 0) is 12.3 Å². The summed E-state index contributed by atoms with van der Waals surface area (Å²) in [5, 5.41) is 6.20. The quantitative estimate of drug-likeness (QED) is 0.367. The van der Waals surface area contributed by atoms with Crippen LogP contribution < -0.4 is 10.6 Å². The van der Waals surface area contributed by atoms with Crippen LogP contribution in [0.15, 0.2) is 4.99 Å². The Kier molecular flexibility index (Phi) is 10.5. The Morgan fingerprint density at radius 2 is 1.65 bits per heavy atom. The second-order valence-electron chi connectivity index (χ2n) is 5.65. The van der Waals surface area contributed by atoms with Crippen molar-refractivity contribution in [1.82, 2.24) is 10.6 Å². The average molecular weight is 305 g/mol. The molecule has 120 valence electrons. The molecule has 0 saturated heterocycles. The van der Waals surface area contributed by atoms with Gasteiger partial charge in [-0.3, -0.25) is 4.99 Å². The van der Waals surface area contributed by atoms with Crippen molar-refractivity contribution in [2.75, 3.05) is 32.1 Å². The van der Waals surface area contributed by atoms with Crippen LogP contribution in [-0.4, -0.2) is 46.5 Å². The molecule has 0 spiro atoms. The van der Waals surface area contributed by atoms with Crippen LogP contribution in [0.3, 0.4) is 0 Å². The van der Waals surface area contributed by atoms with E-state index in [9.17, 15) is 8.42 Å². The van der Waals surface area contributed by atoms with Gasteiger partial charge in [-0.25, -0.2) is 8.42 Å². The molecule has 0 aromatic heterocycles. The maximum atomic E-state index is 11.0. The molecule has 0 rings (SSSR count). The first kappa shape index (κ1) is 19.2. The number of unbranched alkanes of at least 4 members (excludes halogenated alkanes) is 3. The average Bonchev–Trinajstić information content (AvgIpc) is 2.33. The van der Waals surface area contributed by atoms with Gasteiger partial charge in [0.15, 0.2) is 5.96 Å². The topological polar surface area (TPSA) is 70.6 Å². The summed E-state index contributed by atoms with van der Waals surface area (Å²) in [4.78, 5) is 4.06. The Morgan fingerprint density at radius 1 is 1.05 bits per heavy atom. The highest BCUT2D eigenvalue weighted by atomic mass is 32.2. The lowest BCUT2D eigenvalue weighted by atomic mass is 10.0. The zero-order valence-electron chi connectivity index (χ0n) is 13.4. The molecule has 6 heteroatoms. The van der Waals surface area contributed by atoms with Crippen molar-refractivity contribution in [3.8, 4) is 0 Å². The van der Waals surface area contributed by atoms with E-state index < -0.39 is 9.84 Å². The minimum atomic E-state index is -2.92. The normalized spacial score (nSPS) is 12.8. The standard InChI is InChI=1S/C14H31N3O2S/c1-13(2)9-7-5-6-8-10-16-14(15-3)17-11-12-20(4,18)19/h13H,5-12H2,1-4H3,(H2,15,16,17). The van der Waals surface area contributed by atoms with Gasteiger partial charge in [-0.15, -0.1) is 0 Å². The van der Waals surface area contributed by atoms with Crippen LogP contribution >= 0.6 is 0 Å². The molecule has 0 aromatic carbocycles. The van der Waals surface area contributed by atoms with Crippen molar-refractivity contribution in [3.63, 3.8) is 0 Å². The lowest BCUT2D eigenvalue weighted by Crippen LogP contribution is -2.39. The van der Waals surface area contributed by atoms with Gasteiger partial charge in [0.25, 0.3) is 0 Å². The van der Waals surface area contributed by atoms with E-state index in [1.807, 2.05) is 0 Å². The first-order valence-corrected chi connectivity index (χ1v) is 9.53. The molecule has 0 heterocycles. The second kappa shape index (κ2) is 10.9. The number of guanidine groups is 1. The second-order valence-corrected chi connectivity index (χ2v) is 7.91. The predicted octanol–water partition coefficient (Wildman–Crippen LogP) is 1.80. The summed E-state index contributed by atoms with van der Waals surface area (Å²) < 4.78 is 22.0. The Hall–Kier alpha value is -0.780. The molecule has 20 heavy (non-hydrogen) atoms. The van der Waals surface area contributed by atoms with Gasteiger partial charge in [0.05, 0.1) is 5.75 Å². The first-order chi connectivity index (χ1) is 9.35. The smallest absolute Gasteiger partial charge is 0.191 e. The molecule has 2 N–H and O–H groups in total. The van der Waals surface area contributed by atoms with Gasteiger partial charge < -0.3 is 10.6 Å². The van der Waals surface area contributed by atoms with Crippen LogP contribution in [0.4, 0.5) is 0 Å². The number of sulfone groups is 1. The molecule has 5 nitrogen and oxygen atoms in total. The Morgan fingerprint density at radius 3 is 2.20 bits per heavy atom. The summed E-state index contributed by atoms with van der Waals surface area (Å²) in [5.41, 5.74) is 0. The van der Waals surface area contributed by atoms with Gasteiger partial charge in [-0.1, -0.05) is 39.5 Å². The summed E-state index contributed by atoms with van der Waals surface area (Å²) in [7, 11) is -1.22. The van der Waals surface area contributed by atoms with Crippen molar-refractivity contribution < 1.29 is 8.42 Å². The molecule has 0 atom stereocenters. The monoisotopic (exact) mass is 305 g/mol. The third kappa shape index (κ3) is 13.6. The minimum absolute atomic E-state index is 0.128. The number of hydrogen-bond acceptors (Lipinski definition) is 3. The van der Waals surface area contributed by atoms with E-state index in [2.05, 4.69) is 29.5 Å². The molecular formula is C14H31N3O2S. The van der Waals surface area contributed by atoms with E-state index in [4.69, 9.17) is 0 Å². The number of nitrogens with zero attached hydrogens (tertiary/aromatic N) is 1. The maximum Gasteiger partial charge on any atom is 0.191 e. The van der Waals surface area contributed by atoms with Crippen LogP contribution in [-0.2, 0) is 9.84 Å². The summed E-state index contributed by atoms with van der Waals surface area (Å²) in [5.74, 6) is 1.60. The van der Waals surface area contributed by atoms with Crippen LogP contribution in [0, 0.1) is 5.92 Å². The Labute approximate surface area is 124 Å². The van der Waals surface area contributed by atoms with Crippen molar-refractivity contribution in [1.29, 1.82) is 0 Å². The highest BCUT2D eigenvalue weighted by Gasteiger charge is 2.02. The number of hydrogen-bond donors (Lipinski definition) is 2. The molecular weight excluding hydrogens is 274 g/mol. The van der Waals surface area contributed by atoms with Crippen LogP contribution in [0.2, 0.25) is 0 Å². The fraction of sp³-hybridized carbons (Fsp3) is 0.929. The van der Waals surface area contributed by atoms with Gasteiger partial charge in [0, 0.05) is 26.4 Å². The van der Waals surface area contributed by atoms with Gasteiger partial charge in [-0.2, -0.15) is 0 Å². The third-order valence-electron chi connectivity index (χ3n) is 2.99. The molecule has 0 saturated carbocycles. The Bertz CT molecular complexity index is 365. The van der Waals surface area contributed by atoms with Crippen molar-refractivity contribution >= 4 is 15.8 Å². The molecule has 0 unspecified atom stereocenters. The molecule has 0 fully saturated rings. The molecule has 0 radical (unpaired) electrons. The SMILES string of the molecule is CN=C(NCCCCCCC(C)C)NCCS(C)(=O)=O. The molecule has 0 aliphatic rings. The van der Waals surface area contributed by atoms with Crippen LogP contribution in [0.5, 0.6) is 0 Å². The number of nitrogens with one attached hydrogen (secondary N) is 2. The molecule has 0 aliphatic carbocycles. The highest BCUT2D eigenvalue weighted by molar-refractivity contribution is 7.90. The molecule has 0 aromatic rings. The number of aliphatic imine (C=N–C) groups is 1. The summed E-state index contributed by atoms with van der Waals surface area (Å²) >= 11 is 0. The zero-order valence-corrected chi connectivity index (χ0v) is 14.2. The fourth-order valence-corrected chi connectivity index (χ4v) is 2.29. The lowest BCUT2D eigenvalue weighted by molar-refractivity contribution is 0.518. The predicted molar refractivity (Wildman–Crippen MR) is 87.0 cm³/mol. The van der Waals surface area contributed by atoms with Crippen molar-refractivity contribution in [3.05, 3.63) is 0 Å². The van der Waals surface area contributed by atoms with E-state index >= 15 is 0 Å². The summed E-state index contributed by atoms with van der Waals surface area (Å²) in [6.45, 7) is 5.79. The van der Waals surface area contributed by atoms with Crippen LogP contribution in [0.25, 0.3) is 0 Å². The molecule has 0 aliphatic heterocycles. The van der Waals surface area contributed by atoms with E-state index in [1.54, 1.807) is 7.05 Å². The molecule has 0 bridgehead atoms. The van der Waals surface area contributed by atoms with Crippen LogP contribution in [0.1, 0.15) is 46.0 Å². The summed E-state index contributed by atoms with van der Waals surface area (Å²) in [6, 6.07) is 0. The summed E-state index contributed by atoms with van der Waals surface area (Å²) in [6.07, 6.45) is 7.47. The van der Waals surface area contributed by atoms with E-state index in [0.717, 1.165) is 18.9 Å². The highest BCUT2D eigenvalue weighted by Crippen LogP contribution is 2.08. The maximum absolute atomic E-state index is 11.0. The van der Waals surface area contributed by atoms with Gasteiger partial charge in [0.2, 0.25) is 0 Å². The van der Waals surface area contributed by atoms with Gasteiger partial charge >= 0.3 is 0 Å².